The van der Waals surface area contributed by atoms with Crippen LogP contribution in [0.25, 0.3) is 0 Å². The highest BCUT2D eigenvalue weighted by Gasteiger charge is 2.07. The van der Waals surface area contributed by atoms with Gasteiger partial charge in [0, 0.05) is 12.4 Å². The van der Waals surface area contributed by atoms with E-state index >= 15 is 0 Å². The van der Waals surface area contributed by atoms with Gasteiger partial charge < -0.3 is 5.11 Å². The van der Waals surface area contributed by atoms with Gasteiger partial charge in [-0.2, -0.15) is 0 Å². The van der Waals surface area contributed by atoms with E-state index in [2.05, 4.69) is 4.72 Å². The summed E-state index contributed by atoms with van der Waals surface area (Å²) in [7, 11) is -3.17. The van der Waals surface area contributed by atoms with Crippen molar-refractivity contribution in [1.29, 1.82) is 0 Å². The summed E-state index contributed by atoms with van der Waals surface area (Å²) in [5.74, 6) is 0.769. The van der Waals surface area contributed by atoms with E-state index in [0.717, 1.165) is 19.3 Å². The molecule has 0 amide bonds. The van der Waals surface area contributed by atoms with Gasteiger partial charge in [0.25, 0.3) is 0 Å². The van der Waals surface area contributed by atoms with E-state index < -0.39 is 10.0 Å². The molecule has 0 unspecified atom stereocenters. The van der Waals surface area contributed by atoms with E-state index in [9.17, 15) is 8.42 Å². The van der Waals surface area contributed by atoms with E-state index in [1.165, 1.54) is 0 Å². The van der Waals surface area contributed by atoms with Crippen molar-refractivity contribution in [3.8, 4) is 0 Å². The van der Waals surface area contributed by atoms with Crippen molar-refractivity contribution in [3.63, 3.8) is 0 Å². The lowest BCUT2D eigenvalue weighted by Gasteiger charge is -2.04. The van der Waals surface area contributed by atoms with Crippen molar-refractivity contribution in [2.75, 3.05) is 24.8 Å². The topological polar surface area (TPSA) is 66.4 Å². The number of sulfonamides is 1. The van der Waals surface area contributed by atoms with E-state index in [1.54, 1.807) is 0 Å². The average molecular weight is 244 g/mol. The van der Waals surface area contributed by atoms with Gasteiger partial charge in [-0.1, -0.05) is 12.8 Å². The van der Waals surface area contributed by atoms with Gasteiger partial charge in [-0.05, 0) is 12.8 Å². The van der Waals surface area contributed by atoms with Crippen LogP contribution in [0.4, 0.5) is 0 Å². The summed E-state index contributed by atoms with van der Waals surface area (Å²) in [6.45, 7) is -0.0600. The Bertz CT molecular complexity index is 219. The highest BCUT2D eigenvalue weighted by Crippen LogP contribution is 2.02. The Morgan fingerprint density at radius 1 is 1.14 bits per heavy atom. The Morgan fingerprint density at radius 2 is 1.79 bits per heavy atom. The van der Waals surface area contributed by atoms with Crippen molar-refractivity contribution >= 4 is 21.6 Å². The van der Waals surface area contributed by atoms with Crippen molar-refractivity contribution in [3.05, 3.63) is 0 Å². The van der Waals surface area contributed by atoms with Crippen LogP contribution in [0.15, 0.2) is 0 Å². The van der Waals surface area contributed by atoms with Gasteiger partial charge >= 0.3 is 0 Å². The number of nitrogens with one attached hydrogen (secondary N) is 1. The second kappa shape index (κ2) is 8.47. The predicted octanol–water partition coefficient (Wildman–Crippen LogP) is 0.697. The van der Waals surface area contributed by atoms with Gasteiger partial charge in [-0.15, -0.1) is 11.6 Å². The van der Waals surface area contributed by atoms with Gasteiger partial charge in [0.05, 0.1) is 12.4 Å². The van der Waals surface area contributed by atoms with E-state index in [4.69, 9.17) is 16.7 Å². The third kappa shape index (κ3) is 8.74. The molecule has 0 aromatic heterocycles. The molecule has 0 heterocycles. The van der Waals surface area contributed by atoms with Crippen LogP contribution in [0, 0.1) is 0 Å². The Kier molecular flexibility index (Phi) is 8.56. The molecule has 0 radical (unpaired) electrons. The third-order valence-corrected chi connectivity index (χ3v) is 3.47. The van der Waals surface area contributed by atoms with Gasteiger partial charge in [0.15, 0.2) is 0 Å². The first-order chi connectivity index (χ1) is 6.62. The molecular weight excluding hydrogens is 226 g/mol. The van der Waals surface area contributed by atoms with E-state index in [0.29, 0.717) is 12.3 Å². The Morgan fingerprint density at radius 3 is 2.36 bits per heavy atom. The number of aliphatic hydroxyl groups excluding tert-OH is 1. The Balaban J connectivity index is 3.46. The van der Waals surface area contributed by atoms with E-state index in [1.807, 2.05) is 0 Å². The van der Waals surface area contributed by atoms with E-state index in [-0.39, 0.29) is 18.9 Å². The quantitative estimate of drug-likeness (QED) is 0.463. The van der Waals surface area contributed by atoms with Crippen molar-refractivity contribution in [1.82, 2.24) is 4.72 Å². The molecular formula is C8H18ClNO3S. The van der Waals surface area contributed by atoms with Crippen LogP contribution in [0.3, 0.4) is 0 Å². The zero-order valence-corrected chi connectivity index (χ0v) is 9.78. The Hall–Kier alpha value is 0.160. The fourth-order valence-electron chi connectivity index (χ4n) is 1.01. The van der Waals surface area contributed by atoms with Crippen molar-refractivity contribution < 1.29 is 13.5 Å². The van der Waals surface area contributed by atoms with Crippen molar-refractivity contribution in [2.24, 2.45) is 0 Å². The molecule has 0 aromatic carbocycles. The van der Waals surface area contributed by atoms with Crippen LogP contribution in [-0.2, 0) is 10.0 Å². The highest BCUT2D eigenvalue weighted by atomic mass is 35.5. The lowest BCUT2D eigenvalue weighted by molar-refractivity contribution is 0.301. The summed E-state index contributed by atoms with van der Waals surface area (Å²) in [6.07, 6.45) is 3.44. The maximum atomic E-state index is 11.2. The maximum Gasteiger partial charge on any atom is 0.211 e. The fraction of sp³-hybridized carbons (Fsp3) is 1.00. The minimum absolute atomic E-state index is 0.101. The lowest BCUT2D eigenvalue weighted by Crippen LogP contribution is -2.28. The van der Waals surface area contributed by atoms with Gasteiger partial charge in [-0.25, -0.2) is 13.1 Å². The van der Waals surface area contributed by atoms with Crippen LogP contribution in [0.5, 0.6) is 0 Å². The number of hydrogen-bond acceptors (Lipinski definition) is 3. The number of unbranched alkanes of at least 4 members (excludes halogenated alkanes) is 3. The molecule has 86 valence electrons. The SMILES string of the molecule is O=S(=O)(CCCCCCCl)NCCO. The molecule has 0 saturated carbocycles. The molecule has 0 bridgehead atoms. The minimum atomic E-state index is -3.17. The van der Waals surface area contributed by atoms with Crippen LogP contribution in [0.2, 0.25) is 0 Å². The zero-order chi connectivity index (χ0) is 10.9. The zero-order valence-electron chi connectivity index (χ0n) is 8.21. The third-order valence-electron chi connectivity index (χ3n) is 1.73. The summed E-state index contributed by atoms with van der Waals surface area (Å²) in [4.78, 5) is 0. The first-order valence-electron chi connectivity index (χ1n) is 4.76. The molecule has 0 rings (SSSR count). The molecule has 0 saturated heterocycles. The molecule has 0 aliphatic rings. The minimum Gasteiger partial charge on any atom is -0.395 e. The second-order valence-corrected chi connectivity index (χ2v) is 5.34. The molecule has 4 nitrogen and oxygen atoms in total. The highest BCUT2D eigenvalue weighted by molar-refractivity contribution is 7.89. The summed E-state index contributed by atoms with van der Waals surface area (Å²) in [5.41, 5.74) is 0. The molecule has 6 heteroatoms. The maximum absolute atomic E-state index is 11.2. The molecule has 0 atom stereocenters. The number of aliphatic hydroxyl groups is 1. The Labute approximate surface area is 90.7 Å². The molecule has 2 N–H and O–H groups in total. The molecule has 0 aliphatic carbocycles. The standard InChI is InChI=1S/C8H18ClNO3S/c9-5-3-1-2-4-8-14(12,13)10-6-7-11/h10-11H,1-8H2. The van der Waals surface area contributed by atoms with Crippen LogP contribution < -0.4 is 4.72 Å². The number of alkyl halides is 1. The number of halogens is 1. The van der Waals surface area contributed by atoms with Gasteiger partial charge in [0.2, 0.25) is 10.0 Å². The first kappa shape index (κ1) is 14.2. The smallest absolute Gasteiger partial charge is 0.211 e. The largest absolute Gasteiger partial charge is 0.395 e. The first-order valence-corrected chi connectivity index (χ1v) is 6.95. The lowest BCUT2D eigenvalue weighted by atomic mass is 10.2. The summed E-state index contributed by atoms with van der Waals surface area (Å²) in [6, 6.07) is 0. The monoisotopic (exact) mass is 243 g/mol. The average Bonchev–Trinajstić information content (AvgIpc) is 2.15. The second-order valence-electron chi connectivity index (χ2n) is 3.04. The normalized spacial score (nSPS) is 11.9. The van der Waals surface area contributed by atoms with Crippen LogP contribution in [0.1, 0.15) is 25.7 Å². The van der Waals surface area contributed by atoms with Crippen molar-refractivity contribution in [2.45, 2.75) is 25.7 Å². The van der Waals surface area contributed by atoms with Crippen LogP contribution >= 0.6 is 11.6 Å². The van der Waals surface area contributed by atoms with Gasteiger partial charge in [-0.3, -0.25) is 0 Å². The van der Waals surface area contributed by atoms with Gasteiger partial charge in [0.1, 0.15) is 0 Å². The molecule has 0 aromatic rings. The number of rotatable bonds is 9. The summed E-state index contributed by atoms with van der Waals surface area (Å²) >= 11 is 5.48. The molecule has 0 spiro atoms. The summed E-state index contributed by atoms with van der Waals surface area (Å²) in [5, 5.41) is 8.43. The fourth-order valence-corrected chi connectivity index (χ4v) is 2.33. The van der Waals surface area contributed by atoms with Crippen LogP contribution in [-0.4, -0.2) is 38.3 Å². The molecule has 0 fully saturated rings. The molecule has 0 aliphatic heterocycles. The molecule has 14 heavy (non-hydrogen) atoms. The number of hydrogen-bond donors (Lipinski definition) is 2. The summed E-state index contributed by atoms with van der Waals surface area (Å²) < 4.78 is 24.6. The predicted molar refractivity (Wildman–Crippen MR) is 58.1 cm³/mol.